The smallest absolute Gasteiger partial charge is 0.269 e. The summed E-state index contributed by atoms with van der Waals surface area (Å²) in [5.74, 6) is 0.429. The van der Waals surface area contributed by atoms with E-state index >= 15 is 0 Å². The Hall–Kier alpha value is -3.62. The van der Waals surface area contributed by atoms with Crippen molar-refractivity contribution in [2.24, 2.45) is 0 Å². The van der Waals surface area contributed by atoms with E-state index in [0.29, 0.717) is 22.7 Å². The zero-order valence-corrected chi connectivity index (χ0v) is 16.2. The van der Waals surface area contributed by atoms with E-state index in [9.17, 15) is 14.4 Å². The van der Waals surface area contributed by atoms with Crippen LogP contribution in [-0.4, -0.2) is 48.4 Å². The first-order chi connectivity index (χ1) is 13.8. The zero-order chi connectivity index (χ0) is 20.9. The Morgan fingerprint density at radius 1 is 1.24 bits per heavy atom. The minimum atomic E-state index is -0.856. The van der Waals surface area contributed by atoms with Crippen LogP contribution in [0, 0.1) is 0 Å². The summed E-state index contributed by atoms with van der Waals surface area (Å²) >= 11 is 0. The summed E-state index contributed by atoms with van der Waals surface area (Å²) in [7, 11) is 1.62. The van der Waals surface area contributed by atoms with Crippen LogP contribution in [0.5, 0.6) is 11.5 Å². The van der Waals surface area contributed by atoms with Gasteiger partial charge >= 0.3 is 0 Å². The summed E-state index contributed by atoms with van der Waals surface area (Å²) in [6, 6.07) is 7.19. The number of hydrogen-bond acceptors (Lipinski definition) is 7. The molecule has 2 unspecified atom stereocenters. The lowest BCUT2D eigenvalue weighted by Crippen LogP contribution is -2.52. The molecule has 9 heteroatoms. The van der Waals surface area contributed by atoms with Crippen molar-refractivity contribution in [1.82, 2.24) is 4.98 Å². The number of nitrogens with zero attached hydrogens (tertiary/aromatic N) is 3. The third kappa shape index (κ3) is 3.04. The van der Waals surface area contributed by atoms with E-state index in [2.05, 4.69) is 4.98 Å². The molecule has 2 N–H and O–H groups in total. The second-order valence-corrected chi connectivity index (χ2v) is 6.99. The molecule has 0 spiro atoms. The minimum absolute atomic E-state index is 0.0444. The third-order valence-electron chi connectivity index (χ3n) is 5.07. The molecule has 2 amide bonds. The lowest BCUT2D eigenvalue weighted by molar-refractivity contribution is -0.126. The molecule has 0 fully saturated rings. The zero-order valence-electron chi connectivity index (χ0n) is 16.2. The van der Waals surface area contributed by atoms with Gasteiger partial charge in [0.05, 0.1) is 11.7 Å². The van der Waals surface area contributed by atoms with Gasteiger partial charge in [0.25, 0.3) is 11.8 Å². The van der Waals surface area contributed by atoms with Crippen molar-refractivity contribution in [1.29, 1.82) is 0 Å². The van der Waals surface area contributed by atoms with E-state index in [1.807, 2.05) is 0 Å². The number of Topliss-reactive ketones (excluding diaryl/α,β-unsaturated/α-hetero) is 1. The topological polar surface area (TPSA) is 115 Å². The second-order valence-electron chi connectivity index (χ2n) is 6.99. The number of ketones is 1. The molecule has 2 atom stereocenters. The van der Waals surface area contributed by atoms with E-state index in [0.717, 1.165) is 0 Å². The number of hydrogen-bond donors (Lipinski definition) is 1. The van der Waals surface area contributed by atoms with Crippen LogP contribution >= 0.6 is 0 Å². The first kappa shape index (κ1) is 18.7. The first-order valence-corrected chi connectivity index (χ1v) is 9.12. The summed E-state index contributed by atoms with van der Waals surface area (Å²) in [4.78, 5) is 44.9. The maximum atomic E-state index is 13.2. The third-order valence-corrected chi connectivity index (χ3v) is 5.07. The maximum Gasteiger partial charge on any atom is 0.269 e. The number of nitrogen functional groups attached to an aromatic ring is 1. The minimum Gasteiger partial charge on any atom is -0.482 e. The number of ether oxygens (including phenoxy) is 2. The molecule has 3 heterocycles. The van der Waals surface area contributed by atoms with Crippen LogP contribution in [0.25, 0.3) is 0 Å². The summed E-state index contributed by atoms with van der Waals surface area (Å²) < 4.78 is 11.0. The summed E-state index contributed by atoms with van der Waals surface area (Å²) in [5, 5.41) is 0. The molecule has 1 aromatic carbocycles. The molecule has 9 nitrogen and oxygen atoms in total. The van der Waals surface area contributed by atoms with E-state index < -0.39 is 12.1 Å². The highest BCUT2D eigenvalue weighted by Gasteiger charge is 2.39. The molecule has 0 saturated carbocycles. The Balaban J connectivity index is 1.71. The van der Waals surface area contributed by atoms with Gasteiger partial charge in [0.2, 0.25) is 0 Å². The van der Waals surface area contributed by atoms with Gasteiger partial charge in [-0.25, -0.2) is 4.98 Å². The van der Waals surface area contributed by atoms with E-state index in [4.69, 9.17) is 15.2 Å². The molecule has 150 valence electrons. The maximum absolute atomic E-state index is 13.2. The van der Waals surface area contributed by atoms with Crippen molar-refractivity contribution in [2.45, 2.75) is 26.0 Å². The van der Waals surface area contributed by atoms with Gasteiger partial charge in [-0.15, -0.1) is 0 Å². The van der Waals surface area contributed by atoms with Gasteiger partial charge in [0.1, 0.15) is 11.6 Å². The van der Waals surface area contributed by atoms with Gasteiger partial charge in [-0.3, -0.25) is 19.3 Å². The molecule has 2 aliphatic heterocycles. The highest BCUT2D eigenvalue weighted by molar-refractivity contribution is 6.10. The summed E-state index contributed by atoms with van der Waals surface area (Å²) in [5.41, 5.74) is 6.62. The molecule has 0 saturated heterocycles. The van der Waals surface area contributed by atoms with E-state index in [1.54, 1.807) is 51.2 Å². The van der Waals surface area contributed by atoms with Crippen LogP contribution in [-0.2, 0) is 9.59 Å². The molecule has 2 aromatic rings. The standard InChI is InChI=1S/C20H20N4O5/c1-10(24-19-15(6-7-16(21)22-19)29-11(2)20(24)27)18(26)12-4-5-14-13(8-12)23(3)17(25)9-28-14/h4-8,10-11H,9H2,1-3H3,(H2,21,22). The SMILES string of the molecule is CC1Oc2ccc(N)nc2N(C(C)C(=O)c2ccc3c(c2)N(C)C(=O)CO3)C1=O. The van der Waals surface area contributed by atoms with Gasteiger partial charge in [-0.2, -0.15) is 0 Å². The van der Waals surface area contributed by atoms with Crippen molar-refractivity contribution >= 4 is 34.9 Å². The quantitative estimate of drug-likeness (QED) is 0.780. The Labute approximate surface area is 167 Å². The molecule has 29 heavy (non-hydrogen) atoms. The lowest BCUT2D eigenvalue weighted by atomic mass is 10.0. The van der Waals surface area contributed by atoms with Crippen LogP contribution in [0.1, 0.15) is 24.2 Å². The predicted molar refractivity (Wildman–Crippen MR) is 105 cm³/mol. The average molecular weight is 396 g/mol. The van der Waals surface area contributed by atoms with Crippen LogP contribution < -0.4 is 25.0 Å². The van der Waals surface area contributed by atoms with Gasteiger partial charge in [-0.05, 0) is 44.2 Å². The lowest BCUT2D eigenvalue weighted by Gasteiger charge is -2.35. The molecule has 4 rings (SSSR count). The number of carbonyl (C=O) groups excluding carboxylic acids is 3. The van der Waals surface area contributed by atoms with Crippen LogP contribution in [0.3, 0.4) is 0 Å². The van der Waals surface area contributed by atoms with E-state index in [-0.39, 0.29) is 35.8 Å². The Kier molecular flexibility index (Phi) is 4.37. The largest absolute Gasteiger partial charge is 0.482 e. The monoisotopic (exact) mass is 396 g/mol. The molecular formula is C20H20N4O5. The van der Waals surface area contributed by atoms with Crippen molar-refractivity contribution < 1.29 is 23.9 Å². The fourth-order valence-electron chi connectivity index (χ4n) is 3.41. The molecule has 0 radical (unpaired) electrons. The predicted octanol–water partition coefficient (Wildman–Crippen LogP) is 1.40. The highest BCUT2D eigenvalue weighted by atomic mass is 16.5. The van der Waals surface area contributed by atoms with Gasteiger partial charge in [0.15, 0.2) is 30.1 Å². The number of aromatic nitrogens is 1. The van der Waals surface area contributed by atoms with Gasteiger partial charge in [0, 0.05) is 12.6 Å². The molecule has 0 bridgehead atoms. The number of carbonyl (C=O) groups is 3. The number of anilines is 3. The fourth-order valence-corrected chi connectivity index (χ4v) is 3.41. The van der Waals surface area contributed by atoms with E-state index in [1.165, 1.54) is 9.80 Å². The summed E-state index contributed by atoms with van der Waals surface area (Å²) in [6.45, 7) is 3.19. The summed E-state index contributed by atoms with van der Waals surface area (Å²) in [6.07, 6.45) is -0.760. The number of amides is 2. The number of benzene rings is 1. The number of pyridine rings is 1. The van der Waals surface area contributed by atoms with Crippen LogP contribution in [0.4, 0.5) is 17.3 Å². The van der Waals surface area contributed by atoms with Crippen LogP contribution in [0.2, 0.25) is 0 Å². The number of rotatable bonds is 3. The molecule has 1 aromatic heterocycles. The van der Waals surface area contributed by atoms with Crippen molar-refractivity contribution in [3.63, 3.8) is 0 Å². The fraction of sp³-hybridized carbons (Fsp3) is 0.300. The second kappa shape index (κ2) is 6.77. The van der Waals surface area contributed by atoms with Crippen molar-refractivity contribution in [3.8, 4) is 11.5 Å². The Bertz CT molecular complexity index is 1040. The Morgan fingerprint density at radius 3 is 2.72 bits per heavy atom. The molecular weight excluding hydrogens is 376 g/mol. The van der Waals surface area contributed by atoms with Gasteiger partial charge in [-0.1, -0.05) is 0 Å². The number of nitrogens with two attached hydrogens (primary N) is 1. The Morgan fingerprint density at radius 2 is 1.97 bits per heavy atom. The van der Waals surface area contributed by atoms with Crippen molar-refractivity contribution in [2.75, 3.05) is 29.2 Å². The average Bonchev–Trinajstić information content (AvgIpc) is 2.71. The van der Waals surface area contributed by atoms with Crippen molar-refractivity contribution in [3.05, 3.63) is 35.9 Å². The number of fused-ring (bicyclic) bond motifs is 2. The molecule has 0 aliphatic carbocycles. The van der Waals surface area contributed by atoms with Crippen LogP contribution in [0.15, 0.2) is 30.3 Å². The first-order valence-electron chi connectivity index (χ1n) is 9.12. The molecule has 2 aliphatic rings. The normalized spacial score (nSPS) is 19.1. The number of likely N-dealkylation sites (N-methyl/N-ethyl adjacent to an activating group) is 1. The van der Waals surface area contributed by atoms with Gasteiger partial charge < -0.3 is 20.1 Å². The highest BCUT2D eigenvalue weighted by Crippen LogP contribution is 2.36.